The molecule has 3 rings (SSSR count). The van der Waals surface area contributed by atoms with E-state index in [1.54, 1.807) is 15.6 Å². The first-order valence-electron chi connectivity index (χ1n) is 11.3. The Balaban J connectivity index is 1.71. The van der Waals surface area contributed by atoms with Crippen LogP contribution in [0.25, 0.3) is 0 Å². The molecule has 8 heteroatoms. The summed E-state index contributed by atoms with van der Waals surface area (Å²) in [4.78, 5) is 41.6. The highest BCUT2D eigenvalue weighted by Crippen LogP contribution is 2.18. The number of rotatable bonds is 8. The Bertz CT molecular complexity index is 965. The van der Waals surface area contributed by atoms with Crippen molar-refractivity contribution in [2.75, 3.05) is 19.6 Å². The van der Waals surface area contributed by atoms with E-state index in [1.165, 1.54) is 5.56 Å². The summed E-state index contributed by atoms with van der Waals surface area (Å²) in [5.41, 5.74) is 2.94. The number of amides is 3. The second kappa shape index (κ2) is 10.4. The molecule has 0 aliphatic carbocycles. The number of nitrogens with one attached hydrogen (secondary N) is 1. The highest BCUT2D eigenvalue weighted by molar-refractivity contribution is 5.98. The van der Waals surface area contributed by atoms with Crippen LogP contribution in [0.1, 0.15) is 65.7 Å². The maximum atomic E-state index is 13.2. The van der Waals surface area contributed by atoms with Crippen LogP contribution in [0.5, 0.6) is 0 Å². The van der Waals surface area contributed by atoms with E-state index in [4.69, 9.17) is 0 Å². The van der Waals surface area contributed by atoms with Crippen molar-refractivity contribution in [1.82, 2.24) is 24.9 Å². The van der Waals surface area contributed by atoms with Crippen LogP contribution in [0.3, 0.4) is 0 Å². The predicted octanol–water partition coefficient (Wildman–Crippen LogP) is 2.61. The van der Waals surface area contributed by atoms with E-state index < -0.39 is 0 Å². The number of nitrogens with zero attached hydrogens (tertiary/aromatic N) is 4. The van der Waals surface area contributed by atoms with E-state index in [0.29, 0.717) is 38.4 Å². The van der Waals surface area contributed by atoms with Crippen LogP contribution in [0.4, 0.5) is 0 Å². The fourth-order valence-corrected chi connectivity index (χ4v) is 3.80. The average Bonchev–Trinajstić information content (AvgIpc) is 3.12. The van der Waals surface area contributed by atoms with Gasteiger partial charge in [-0.3, -0.25) is 19.1 Å². The highest BCUT2D eigenvalue weighted by Gasteiger charge is 2.27. The van der Waals surface area contributed by atoms with Crippen LogP contribution in [0.2, 0.25) is 0 Å². The Morgan fingerprint density at radius 1 is 1.19 bits per heavy atom. The molecule has 0 fully saturated rings. The van der Waals surface area contributed by atoms with Crippen LogP contribution in [-0.2, 0) is 17.9 Å². The van der Waals surface area contributed by atoms with Gasteiger partial charge in [0.25, 0.3) is 11.8 Å². The number of hydrogen-bond acceptors (Lipinski definition) is 4. The highest BCUT2D eigenvalue weighted by atomic mass is 16.2. The number of carbonyl (C=O) groups excluding carboxylic acids is 3. The Morgan fingerprint density at radius 2 is 1.91 bits per heavy atom. The van der Waals surface area contributed by atoms with E-state index in [-0.39, 0.29) is 35.9 Å². The Kier molecular flexibility index (Phi) is 7.66. The normalized spacial score (nSPS) is 13.7. The molecule has 0 saturated heterocycles. The Hall–Kier alpha value is -3.16. The Morgan fingerprint density at radius 3 is 2.56 bits per heavy atom. The number of carbonyl (C=O) groups is 3. The van der Waals surface area contributed by atoms with Gasteiger partial charge in [-0.2, -0.15) is 5.10 Å². The molecule has 2 aromatic rings. The third kappa shape index (κ3) is 5.75. The number of aryl methyl sites for hydroxylation is 2. The third-order valence-electron chi connectivity index (χ3n) is 5.52. The van der Waals surface area contributed by atoms with Gasteiger partial charge in [0.05, 0.1) is 0 Å². The first kappa shape index (κ1) is 23.5. The van der Waals surface area contributed by atoms with Gasteiger partial charge in [0.1, 0.15) is 5.69 Å². The van der Waals surface area contributed by atoms with Gasteiger partial charge in [0.15, 0.2) is 5.69 Å². The van der Waals surface area contributed by atoms with Crippen molar-refractivity contribution in [2.24, 2.45) is 0 Å². The Labute approximate surface area is 189 Å². The van der Waals surface area contributed by atoms with Crippen LogP contribution >= 0.6 is 0 Å². The molecule has 0 radical (unpaired) electrons. The zero-order chi connectivity index (χ0) is 23.3. The summed E-state index contributed by atoms with van der Waals surface area (Å²) in [5.74, 6) is -0.467. The molecule has 0 saturated carbocycles. The molecule has 0 atom stereocenters. The van der Waals surface area contributed by atoms with Gasteiger partial charge in [0.2, 0.25) is 5.91 Å². The van der Waals surface area contributed by atoms with E-state index in [9.17, 15) is 14.4 Å². The lowest BCUT2D eigenvalue weighted by Crippen LogP contribution is -2.37. The van der Waals surface area contributed by atoms with Crippen LogP contribution in [0.15, 0.2) is 30.3 Å². The van der Waals surface area contributed by atoms with E-state index in [2.05, 4.69) is 10.4 Å². The standard InChI is InChI=1S/C24H33N5O3/c1-5-27(14-11-22(30)25-17(2)3)23(31)20-15-21-24(32)28(12-6-13-29(21)26-20)16-19-9-7-18(4)8-10-19/h7-10,15,17H,5-6,11-14,16H2,1-4H3,(H,25,30). The lowest BCUT2D eigenvalue weighted by atomic mass is 10.1. The van der Waals surface area contributed by atoms with Gasteiger partial charge in [-0.05, 0) is 39.7 Å². The van der Waals surface area contributed by atoms with Crippen molar-refractivity contribution >= 4 is 17.7 Å². The molecule has 1 N–H and O–H groups in total. The zero-order valence-corrected chi connectivity index (χ0v) is 19.4. The van der Waals surface area contributed by atoms with Crippen molar-refractivity contribution in [3.63, 3.8) is 0 Å². The number of benzene rings is 1. The summed E-state index contributed by atoms with van der Waals surface area (Å²) in [6.07, 6.45) is 1.00. The van der Waals surface area contributed by atoms with E-state index >= 15 is 0 Å². The molecular weight excluding hydrogens is 406 g/mol. The monoisotopic (exact) mass is 439 g/mol. The maximum Gasteiger partial charge on any atom is 0.274 e. The summed E-state index contributed by atoms with van der Waals surface area (Å²) in [7, 11) is 0. The van der Waals surface area contributed by atoms with Gasteiger partial charge in [-0.25, -0.2) is 0 Å². The summed E-state index contributed by atoms with van der Waals surface area (Å²) in [6, 6.07) is 9.81. The van der Waals surface area contributed by atoms with E-state index in [0.717, 1.165) is 12.0 Å². The lowest BCUT2D eigenvalue weighted by Gasteiger charge is -2.20. The first-order chi connectivity index (χ1) is 15.3. The summed E-state index contributed by atoms with van der Waals surface area (Å²) >= 11 is 0. The van der Waals surface area contributed by atoms with E-state index in [1.807, 2.05) is 56.9 Å². The molecule has 2 heterocycles. The minimum absolute atomic E-state index is 0.0611. The van der Waals surface area contributed by atoms with Crippen LogP contribution in [0, 0.1) is 6.92 Å². The van der Waals surface area contributed by atoms with Gasteiger partial charge >= 0.3 is 0 Å². The van der Waals surface area contributed by atoms with Gasteiger partial charge in [-0.1, -0.05) is 29.8 Å². The topological polar surface area (TPSA) is 87.5 Å². The van der Waals surface area contributed by atoms with Crippen LogP contribution in [-0.4, -0.2) is 63.0 Å². The third-order valence-corrected chi connectivity index (χ3v) is 5.52. The SMILES string of the molecule is CCN(CCC(=O)NC(C)C)C(=O)c1cc2n(n1)CCCN(Cc1ccc(C)cc1)C2=O. The minimum Gasteiger partial charge on any atom is -0.354 e. The fourth-order valence-electron chi connectivity index (χ4n) is 3.80. The van der Waals surface area contributed by atoms with Crippen molar-refractivity contribution in [2.45, 2.75) is 59.7 Å². The summed E-state index contributed by atoms with van der Waals surface area (Å²) < 4.78 is 1.64. The molecule has 0 unspecified atom stereocenters. The van der Waals surface area contributed by atoms with Crippen molar-refractivity contribution in [3.05, 3.63) is 52.8 Å². The fraction of sp³-hybridized carbons (Fsp3) is 0.500. The van der Waals surface area contributed by atoms with Crippen molar-refractivity contribution in [1.29, 1.82) is 0 Å². The second-order valence-electron chi connectivity index (χ2n) is 8.56. The van der Waals surface area contributed by atoms with Gasteiger partial charge < -0.3 is 15.1 Å². The van der Waals surface area contributed by atoms with Crippen molar-refractivity contribution in [3.8, 4) is 0 Å². The van der Waals surface area contributed by atoms with Gasteiger partial charge in [-0.15, -0.1) is 0 Å². The summed E-state index contributed by atoms with van der Waals surface area (Å²) in [5, 5.41) is 7.27. The number of hydrogen-bond donors (Lipinski definition) is 1. The first-order valence-corrected chi connectivity index (χ1v) is 11.3. The lowest BCUT2D eigenvalue weighted by molar-refractivity contribution is -0.121. The molecular formula is C24H33N5O3. The largest absolute Gasteiger partial charge is 0.354 e. The molecule has 1 aromatic carbocycles. The molecule has 1 aliphatic rings. The maximum absolute atomic E-state index is 13.2. The summed E-state index contributed by atoms with van der Waals surface area (Å²) in [6.45, 7) is 10.2. The van der Waals surface area contributed by atoms with Crippen molar-refractivity contribution < 1.29 is 14.4 Å². The van der Waals surface area contributed by atoms with Crippen LogP contribution < -0.4 is 5.32 Å². The molecule has 0 bridgehead atoms. The molecule has 0 spiro atoms. The predicted molar refractivity (Wildman–Crippen MR) is 122 cm³/mol. The number of aromatic nitrogens is 2. The average molecular weight is 440 g/mol. The van der Waals surface area contributed by atoms with Gasteiger partial charge in [0, 0.05) is 51.3 Å². The number of fused-ring (bicyclic) bond motifs is 1. The molecule has 1 aromatic heterocycles. The second-order valence-corrected chi connectivity index (χ2v) is 8.56. The molecule has 8 nitrogen and oxygen atoms in total. The quantitative estimate of drug-likeness (QED) is 0.685. The molecule has 1 aliphatic heterocycles. The molecule has 32 heavy (non-hydrogen) atoms. The smallest absolute Gasteiger partial charge is 0.274 e. The molecule has 172 valence electrons. The molecule has 3 amide bonds. The zero-order valence-electron chi connectivity index (χ0n) is 19.4. The minimum atomic E-state index is -0.261.